The van der Waals surface area contributed by atoms with E-state index in [0.29, 0.717) is 11.3 Å². The molecule has 0 saturated heterocycles. The smallest absolute Gasteiger partial charge is 0.280 e. The average Bonchev–Trinajstić information content (AvgIpc) is 2.80. The number of anilines is 1. The summed E-state index contributed by atoms with van der Waals surface area (Å²) in [6.07, 6.45) is 1.42. The molecule has 1 N–H and O–H groups in total. The van der Waals surface area contributed by atoms with Crippen LogP contribution in [0.15, 0.2) is 42.6 Å². The number of rotatable bonds is 4. The van der Waals surface area contributed by atoms with Crippen LogP contribution in [0.4, 0.5) is 5.69 Å². The molecule has 3 amide bonds. The van der Waals surface area contributed by atoms with Crippen molar-refractivity contribution in [2.75, 3.05) is 11.9 Å². The number of aromatic nitrogens is 1. The van der Waals surface area contributed by atoms with Gasteiger partial charge in [-0.15, -0.1) is 0 Å². The van der Waals surface area contributed by atoms with E-state index in [4.69, 9.17) is 0 Å². The van der Waals surface area contributed by atoms with Crippen molar-refractivity contribution in [2.24, 2.45) is 0 Å². The summed E-state index contributed by atoms with van der Waals surface area (Å²) in [5.41, 5.74) is 1.11. The highest BCUT2D eigenvalue weighted by Gasteiger charge is 2.37. The standard InChI is InChI=1S/C17H13N3O4/c1-10(21)11-4-2-5-12(8-11)19-14(22)9-20-16(23)13-6-3-7-18-15(13)17(20)24/h2-8H,9H2,1H3,(H,19,22). The van der Waals surface area contributed by atoms with E-state index in [2.05, 4.69) is 10.3 Å². The third-order valence-electron chi connectivity index (χ3n) is 3.59. The monoisotopic (exact) mass is 323 g/mol. The molecule has 0 bridgehead atoms. The second kappa shape index (κ2) is 6.04. The van der Waals surface area contributed by atoms with E-state index < -0.39 is 24.3 Å². The molecule has 0 atom stereocenters. The quantitative estimate of drug-likeness (QED) is 0.680. The lowest BCUT2D eigenvalue weighted by Gasteiger charge is -2.13. The Labute approximate surface area is 137 Å². The molecule has 0 saturated carbocycles. The van der Waals surface area contributed by atoms with Gasteiger partial charge >= 0.3 is 0 Å². The minimum absolute atomic E-state index is 0.0499. The van der Waals surface area contributed by atoms with Gasteiger partial charge in [-0.25, -0.2) is 0 Å². The first-order valence-corrected chi connectivity index (χ1v) is 7.19. The molecule has 1 aliphatic rings. The summed E-state index contributed by atoms with van der Waals surface area (Å²) in [7, 11) is 0. The van der Waals surface area contributed by atoms with Crippen LogP contribution in [0.1, 0.15) is 38.1 Å². The molecule has 7 heteroatoms. The van der Waals surface area contributed by atoms with Crippen LogP contribution in [0, 0.1) is 0 Å². The molecule has 1 aromatic heterocycles. The molecule has 2 aromatic rings. The van der Waals surface area contributed by atoms with Crippen molar-refractivity contribution >= 4 is 29.2 Å². The highest BCUT2D eigenvalue weighted by molar-refractivity contribution is 6.21. The minimum Gasteiger partial charge on any atom is -0.325 e. The molecule has 1 aromatic carbocycles. The number of Topliss-reactive ketones (excluding diaryl/α,β-unsaturated/α-hetero) is 1. The fraction of sp³-hybridized carbons (Fsp3) is 0.118. The Morgan fingerprint density at radius 1 is 1.12 bits per heavy atom. The van der Waals surface area contributed by atoms with Crippen LogP contribution in [0.5, 0.6) is 0 Å². The molecule has 7 nitrogen and oxygen atoms in total. The zero-order valence-corrected chi connectivity index (χ0v) is 12.8. The number of benzene rings is 1. The second-order valence-electron chi connectivity index (χ2n) is 5.28. The summed E-state index contributed by atoms with van der Waals surface area (Å²) in [4.78, 5) is 52.6. The van der Waals surface area contributed by atoms with Crippen LogP contribution in [0.25, 0.3) is 0 Å². The number of hydrogen-bond donors (Lipinski definition) is 1. The number of carbonyl (C=O) groups excluding carboxylic acids is 4. The van der Waals surface area contributed by atoms with Gasteiger partial charge in [-0.05, 0) is 31.2 Å². The van der Waals surface area contributed by atoms with Crippen LogP contribution in [-0.4, -0.2) is 39.9 Å². The van der Waals surface area contributed by atoms with E-state index in [-0.39, 0.29) is 17.0 Å². The van der Waals surface area contributed by atoms with Gasteiger partial charge in [-0.2, -0.15) is 0 Å². The molecule has 0 fully saturated rings. The molecule has 2 heterocycles. The van der Waals surface area contributed by atoms with E-state index in [1.807, 2.05) is 0 Å². The zero-order chi connectivity index (χ0) is 17.3. The van der Waals surface area contributed by atoms with E-state index in [0.717, 1.165) is 4.90 Å². The molecule has 0 aliphatic carbocycles. The number of fused-ring (bicyclic) bond motifs is 1. The van der Waals surface area contributed by atoms with Crippen LogP contribution < -0.4 is 5.32 Å². The molecule has 0 unspecified atom stereocenters. The first kappa shape index (κ1) is 15.5. The Bertz CT molecular complexity index is 841. The maximum Gasteiger partial charge on any atom is 0.280 e. The lowest BCUT2D eigenvalue weighted by molar-refractivity contribution is -0.116. The van der Waals surface area contributed by atoms with Crippen molar-refractivity contribution in [3.8, 4) is 0 Å². The largest absolute Gasteiger partial charge is 0.325 e. The third-order valence-corrected chi connectivity index (χ3v) is 3.59. The van der Waals surface area contributed by atoms with Gasteiger partial charge in [-0.3, -0.25) is 29.1 Å². The van der Waals surface area contributed by atoms with E-state index >= 15 is 0 Å². The van der Waals surface area contributed by atoms with Gasteiger partial charge in [0.15, 0.2) is 5.78 Å². The van der Waals surface area contributed by atoms with Gasteiger partial charge in [0.1, 0.15) is 12.2 Å². The van der Waals surface area contributed by atoms with Crippen LogP contribution in [0.2, 0.25) is 0 Å². The molecule has 120 valence electrons. The Hall–Kier alpha value is -3.35. The predicted molar refractivity (Wildman–Crippen MR) is 84.7 cm³/mol. The SMILES string of the molecule is CC(=O)c1cccc(NC(=O)CN2C(=O)c3cccnc3C2=O)c1. The molecule has 24 heavy (non-hydrogen) atoms. The van der Waals surface area contributed by atoms with Crippen molar-refractivity contribution in [3.63, 3.8) is 0 Å². The number of nitrogens with zero attached hydrogens (tertiary/aromatic N) is 2. The van der Waals surface area contributed by atoms with Gasteiger partial charge < -0.3 is 5.32 Å². The number of carbonyl (C=O) groups is 4. The van der Waals surface area contributed by atoms with Crippen LogP contribution >= 0.6 is 0 Å². The predicted octanol–water partition coefficient (Wildman–Crippen LogP) is 1.52. The molecule has 3 rings (SSSR count). The summed E-state index contributed by atoms with van der Waals surface area (Å²) < 4.78 is 0. The lowest BCUT2D eigenvalue weighted by atomic mass is 10.1. The Balaban J connectivity index is 1.72. The lowest BCUT2D eigenvalue weighted by Crippen LogP contribution is -2.37. The van der Waals surface area contributed by atoms with Gasteiger partial charge in [0, 0.05) is 17.4 Å². The number of imide groups is 1. The molecule has 1 aliphatic heterocycles. The van der Waals surface area contributed by atoms with E-state index in [1.165, 1.54) is 25.3 Å². The van der Waals surface area contributed by atoms with Crippen LogP contribution in [-0.2, 0) is 4.79 Å². The summed E-state index contributed by atoms with van der Waals surface area (Å²) in [5, 5.41) is 2.57. The van der Waals surface area contributed by atoms with E-state index in [9.17, 15) is 19.2 Å². The fourth-order valence-electron chi connectivity index (χ4n) is 2.42. The summed E-state index contributed by atoms with van der Waals surface area (Å²) in [6, 6.07) is 9.47. The maximum atomic E-state index is 12.2. The first-order chi connectivity index (χ1) is 11.5. The van der Waals surface area contributed by atoms with Crippen molar-refractivity contribution in [3.05, 3.63) is 59.4 Å². The Morgan fingerprint density at radius 3 is 2.62 bits per heavy atom. The van der Waals surface area contributed by atoms with Crippen molar-refractivity contribution in [1.82, 2.24) is 9.88 Å². The highest BCUT2D eigenvalue weighted by Crippen LogP contribution is 2.20. The van der Waals surface area contributed by atoms with Crippen molar-refractivity contribution in [1.29, 1.82) is 0 Å². The number of amides is 3. The second-order valence-corrected chi connectivity index (χ2v) is 5.28. The summed E-state index contributed by atoms with van der Waals surface area (Å²) in [6.45, 7) is 1.01. The number of ketones is 1. The topological polar surface area (TPSA) is 96.4 Å². The highest BCUT2D eigenvalue weighted by atomic mass is 16.2. The maximum absolute atomic E-state index is 12.2. The number of hydrogen-bond acceptors (Lipinski definition) is 5. The normalized spacial score (nSPS) is 13.0. The molecular weight excluding hydrogens is 310 g/mol. The Kier molecular flexibility index (Phi) is 3.91. The Morgan fingerprint density at radius 2 is 1.92 bits per heavy atom. The number of nitrogens with one attached hydrogen (secondary N) is 1. The minimum atomic E-state index is -0.594. The van der Waals surface area contributed by atoms with E-state index in [1.54, 1.807) is 24.3 Å². The van der Waals surface area contributed by atoms with Gasteiger partial charge in [0.25, 0.3) is 11.8 Å². The fourth-order valence-corrected chi connectivity index (χ4v) is 2.42. The zero-order valence-electron chi connectivity index (χ0n) is 12.8. The van der Waals surface area contributed by atoms with Crippen LogP contribution in [0.3, 0.4) is 0 Å². The molecule has 0 spiro atoms. The summed E-state index contributed by atoms with van der Waals surface area (Å²) >= 11 is 0. The first-order valence-electron chi connectivity index (χ1n) is 7.19. The van der Waals surface area contributed by atoms with Crippen molar-refractivity contribution < 1.29 is 19.2 Å². The third kappa shape index (κ3) is 2.79. The van der Waals surface area contributed by atoms with Gasteiger partial charge in [0.2, 0.25) is 5.91 Å². The van der Waals surface area contributed by atoms with Gasteiger partial charge in [-0.1, -0.05) is 12.1 Å². The van der Waals surface area contributed by atoms with Gasteiger partial charge in [0.05, 0.1) is 5.56 Å². The molecule has 0 radical (unpaired) electrons. The molecular formula is C17H13N3O4. The average molecular weight is 323 g/mol. The number of pyridine rings is 1. The summed E-state index contributed by atoms with van der Waals surface area (Å²) in [5.74, 6) is -1.80. The van der Waals surface area contributed by atoms with Crippen molar-refractivity contribution in [2.45, 2.75) is 6.92 Å².